The quantitative estimate of drug-likeness (QED) is 0.333. The largest absolute Gasteiger partial charge is 0.496 e. The van der Waals surface area contributed by atoms with Gasteiger partial charge in [0.05, 0.1) is 18.4 Å². The minimum Gasteiger partial charge on any atom is -0.496 e. The van der Waals surface area contributed by atoms with Crippen molar-refractivity contribution in [3.8, 4) is 5.75 Å². The summed E-state index contributed by atoms with van der Waals surface area (Å²) in [6.45, 7) is 3.49. The summed E-state index contributed by atoms with van der Waals surface area (Å²) in [6.07, 6.45) is 1.43. The Balaban J connectivity index is 2.11. The molecule has 0 saturated heterocycles. The molecule has 1 saturated carbocycles. The smallest absolute Gasteiger partial charge is 0.471 e. The summed E-state index contributed by atoms with van der Waals surface area (Å²) in [4.78, 5) is 38.7. The molecule has 1 aromatic rings. The van der Waals surface area contributed by atoms with Crippen LogP contribution in [-0.4, -0.2) is 50.1 Å². The third-order valence-corrected chi connectivity index (χ3v) is 7.13. The number of nitrogens with zero attached hydrogens (tertiary/aromatic N) is 1. The molecule has 0 aromatic heterocycles. The summed E-state index contributed by atoms with van der Waals surface area (Å²) in [7, 11) is 4.82. The molecule has 0 bridgehead atoms. The second-order valence-corrected chi connectivity index (χ2v) is 9.60. The molecule has 1 aliphatic heterocycles. The number of hydrogen-bond acceptors (Lipinski definition) is 5. The van der Waals surface area contributed by atoms with Gasteiger partial charge in [-0.25, -0.2) is 4.79 Å². The third-order valence-electron chi connectivity index (χ3n) is 7.13. The van der Waals surface area contributed by atoms with Crippen molar-refractivity contribution in [1.29, 1.82) is 0 Å². The predicted octanol–water partition coefficient (Wildman–Crippen LogP) is 4.95. The molecule has 7 nitrogen and oxygen atoms in total. The fourth-order valence-corrected chi connectivity index (χ4v) is 5.25. The SMILES string of the molecule is COc1c(C)c2c(c(NC(=O)C(F)(F)F)c1C/C=C1\CCCCCC1C(C)C(=O)N(C)C)C(=O)OC2. The molecular weight excluding hydrogens is 477 g/mol. The lowest BCUT2D eigenvalue weighted by atomic mass is 9.81. The lowest BCUT2D eigenvalue weighted by Gasteiger charge is -2.27. The molecule has 0 radical (unpaired) electrons. The summed E-state index contributed by atoms with van der Waals surface area (Å²) >= 11 is 0. The number of carbonyl (C=O) groups excluding carboxylic acids is 3. The predicted molar refractivity (Wildman–Crippen MR) is 128 cm³/mol. The molecule has 198 valence electrons. The van der Waals surface area contributed by atoms with E-state index in [4.69, 9.17) is 9.47 Å². The summed E-state index contributed by atoms with van der Waals surface area (Å²) in [5.41, 5.74) is 1.97. The monoisotopic (exact) mass is 510 g/mol. The number of hydrogen-bond donors (Lipinski definition) is 1. The van der Waals surface area contributed by atoms with Crippen LogP contribution in [0, 0.1) is 18.8 Å². The van der Waals surface area contributed by atoms with Gasteiger partial charge in [0.1, 0.15) is 12.4 Å². The van der Waals surface area contributed by atoms with Gasteiger partial charge in [-0.2, -0.15) is 13.2 Å². The number of anilines is 1. The van der Waals surface area contributed by atoms with Crippen molar-refractivity contribution in [2.45, 2.75) is 65.2 Å². The van der Waals surface area contributed by atoms with E-state index in [-0.39, 0.29) is 47.6 Å². The molecular formula is C26H33F3N2O5. The van der Waals surface area contributed by atoms with Crippen molar-refractivity contribution >= 4 is 23.5 Å². The summed E-state index contributed by atoms with van der Waals surface area (Å²) in [6, 6.07) is 0. The van der Waals surface area contributed by atoms with Gasteiger partial charge in [0.15, 0.2) is 0 Å². The standard InChI is InChI=1S/C26H33F3N2O5/c1-14-19-13-36-24(33)20(19)21(30-25(34)26(27,28)29)18(22(14)35-5)12-11-16-9-7-6-8-10-17(16)15(2)23(32)31(3)4/h11,15,17H,6-10,12-13H2,1-5H3,(H,30,34)/b16-11+. The minimum atomic E-state index is -5.14. The summed E-state index contributed by atoms with van der Waals surface area (Å²) < 4.78 is 50.2. The molecule has 1 fully saturated rings. The van der Waals surface area contributed by atoms with E-state index in [0.29, 0.717) is 16.9 Å². The van der Waals surface area contributed by atoms with Crippen LogP contribution in [0.2, 0.25) is 0 Å². The van der Waals surface area contributed by atoms with Crippen LogP contribution in [0.15, 0.2) is 11.6 Å². The molecule has 1 N–H and O–H groups in total. The highest BCUT2D eigenvalue weighted by Crippen LogP contribution is 2.43. The van der Waals surface area contributed by atoms with Crippen molar-refractivity contribution < 1.29 is 37.0 Å². The Morgan fingerprint density at radius 3 is 2.56 bits per heavy atom. The van der Waals surface area contributed by atoms with Crippen LogP contribution in [0.1, 0.15) is 66.1 Å². The highest BCUT2D eigenvalue weighted by Gasteiger charge is 2.41. The van der Waals surface area contributed by atoms with Gasteiger partial charge in [0, 0.05) is 31.1 Å². The van der Waals surface area contributed by atoms with Crippen LogP contribution in [-0.2, 0) is 27.4 Å². The molecule has 10 heteroatoms. The van der Waals surface area contributed by atoms with Crippen LogP contribution in [0.25, 0.3) is 0 Å². The normalized spacial score (nSPS) is 19.8. The molecule has 2 atom stereocenters. The van der Waals surface area contributed by atoms with E-state index >= 15 is 0 Å². The van der Waals surface area contributed by atoms with Crippen molar-refractivity contribution in [1.82, 2.24) is 4.90 Å². The van der Waals surface area contributed by atoms with Crippen LogP contribution >= 0.6 is 0 Å². The van der Waals surface area contributed by atoms with Crippen LogP contribution < -0.4 is 10.1 Å². The number of rotatable bonds is 6. The maximum Gasteiger partial charge on any atom is 0.471 e. The first-order valence-electron chi connectivity index (χ1n) is 12.1. The van der Waals surface area contributed by atoms with Gasteiger partial charge in [0.25, 0.3) is 0 Å². The Hall–Kier alpha value is -3.04. The Labute approximate surface area is 209 Å². The Bertz CT molecular complexity index is 1080. The van der Waals surface area contributed by atoms with Gasteiger partial charge in [-0.15, -0.1) is 0 Å². The number of benzene rings is 1. The van der Waals surface area contributed by atoms with Crippen molar-refractivity contribution in [3.63, 3.8) is 0 Å². The number of allylic oxidation sites excluding steroid dienone is 2. The number of fused-ring (bicyclic) bond motifs is 1. The van der Waals surface area contributed by atoms with E-state index in [1.165, 1.54) is 7.11 Å². The molecule has 36 heavy (non-hydrogen) atoms. The highest BCUT2D eigenvalue weighted by atomic mass is 19.4. The molecule has 2 aliphatic rings. The molecule has 3 rings (SSSR count). The third kappa shape index (κ3) is 5.52. The zero-order valence-electron chi connectivity index (χ0n) is 21.3. The zero-order chi connectivity index (χ0) is 26.8. The first-order valence-corrected chi connectivity index (χ1v) is 12.1. The molecule has 1 heterocycles. The molecule has 2 amide bonds. The minimum absolute atomic E-state index is 0.0119. The Morgan fingerprint density at radius 1 is 1.25 bits per heavy atom. The fourth-order valence-electron chi connectivity index (χ4n) is 5.25. The number of amides is 2. The van der Waals surface area contributed by atoms with E-state index < -0.39 is 18.1 Å². The number of alkyl halides is 3. The molecule has 2 unspecified atom stereocenters. The van der Waals surface area contributed by atoms with E-state index in [2.05, 4.69) is 0 Å². The van der Waals surface area contributed by atoms with E-state index in [9.17, 15) is 27.6 Å². The van der Waals surface area contributed by atoms with Crippen LogP contribution in [0.3, 0.4) is 0 Å². The summed E-state index contributed by atoms with van der Waals surface area (Å²) in [5, 5.41) is 1.92. The maximum atomic E-state index is 13.2. The number of halogens is 3. The molecule has 0 spiro atoms. The first kappa shape index (κ1) is 27.5. The maximum absolute atomic E-state index is 13.2. The van der Waals surface area contributed by atoms with Crippen molar-refractivity contribution in [2.75, 3.05) is 26.5 Å². The van der Waals surface area contributed by atoms with Gasteiger partial charge in [-0.05, 0) is 44.1 Å². The first-order chi connectivity index (χ1) is 16.9. The van der Waals surface area contributed by atoms with Crippen molar-refractivity contribution in [2.24, 2.45) is 11.8 Å². The number of methoxy groups -OCH3 is 1. The Kier molecular flexibility index (Phi) is 8.36. The van der Waals surface area contributed by atoms with Crippen molar-refractivity contribution in [3.05, 3.63) is 33.9 Å². The lowest BCUT2D eigenvalue weighted by molar-refractivity contribution is -0.167. The van der Waals surface area contributed by atoms with Gasteiger partial charge in [-0.3, -0.25) is 9.59 Å². The van der Waals surface area contributed by atoms with Crippen LogP contribution in [0.5, 0.6) is 5.75 Å². The molecule has 1 aromatic carbocycles. The van der Waals surface area contributed by atoms with E-state index in [1.54, 1.807) is 25.9 Å². The number of ether oxygens (including phenoxy) is 2. The van der Waals surface area contributed by atoms with Gasteiger partial charge >= 0.3 is 18.1 Å². The van der Waals surface area contributed by atoms with Gasteiger partial charge in [-0.1, -0.05) is 31.4 Å². The second kappa shape index (κ2) is 10.9. The second-order valence-electron chi connectivity index (χ2n) is 9.60. The van der Waals surface area contributed by atoms with E-state index in [1.807, 2.05) is 18.3 Å². The number of carbonyl (C=O) groups is 3. The number of nitrogens with one attached hydrogen (secondary N) is 1. The zero-order valence-corrected chi connectivity index (χ0v) is 21.3. The fraction of sp³-hybridized carbons (Fsp3) is 0.577. The molecule has 1 aliphatic carbocycles. The topological polar surface area (TPSA) is 84.9 Å². The van der Waals surface area contributed by atoms with Gasteiger partial charge in [0.2, 0.25) is 5.91 Å². The Morgan fingerprint density at radius 2 is 1.94 bits per heavy atom. The number of esters is 1. The average Bonchev–Trinajstić information content (AvgIpc) is 3.05. The highest BCUT2D eigenvalue weighted by molar-refractivity contribution is 6.07. The lowest BCUT2D eigenvalue weighted by Crippen LogP contribution is -2.33. The summed E-state index contributed by atoms with van der Waals surface area (Å²) in [5.74, 6) is -2.93. The number of cyclic esters (lactones) is 1. The van der Waals surface area contributed by atoms with E-state index in [0.717, 1.165) is 37.7 Å². The average molecular weight is 511 g/mol. The van der Waals surface area contributed by atoms with Crippen LogP contribution in [0.4, 0.5) is 18.9 Å². The van der Waals surface area contributed by atoms with Gasteiger partial charge < -0.3 is 19.7 Å².